The minimum absolute atomic E-state index is 0.316. The number of anilines is 3. The van der Waals surface area contributed by atoms with Gasteiger partial charge in [-0.15, -0.1) is 5.10 Å². The molecule has 2 aromatic carbocycles. The molecule has 182 valence electrons. The monoisotopic (exact) mass is 503 g/mol. The number of piperidine rings is 1. The van der Waals surface area contributed by atoms with Crippen LogP contribution in [0.15, 0.2) is 48.5 Å². The van der Waals surface area contributed by atoms with Crippen molar-refractivity contribution in [2.45, 2.75) is 31.8 Å². The third-order valence-electron chi connectivity index (χ3n) is 6.04. The van der Waals surface area contributed by atoms with Crippen molar-refractivity contribution in [1.82, 2.24) is 20.1 Å². The van der Waals surface area contributed by atoms with Gasteiger partial charge in [-0.2, -0.15) is 4.98 Å². The second-order valence-electron chi connectivity index (χ2n) is 8.62. The second-order valence-corrected chi connectivity index (χ2v) is 10.8. The molecule has 9 nitrogen and oxygen atoms in total. The first-order valence-electron chi connectivity index (χ1n) is 11.2. The highest BCUT2D eigenvalue weighted by molar-refractivity contribution is 7.92. The van der Waals surface area contributed by atoms with E-state index in [4.69, 9.17) is 17.3 Å². The van der Waals surface area contributed by atoms with Crippen LogP contribution < -0.4 is 15.4 Å². The molecule has 0 amide bonds. The van der Waals surface area contributed by atoms with E-state index < -0.39 is 10.0 Å². The fourth-order valence-corrected chi connectivity index (χ4v) is 5.05. The summed E-state index contributed by atoms with van der Waals surface area (Å²) in [6, 6.07) is 15.8. The Labute approximate surface area is 205 Å². The van der Waals surface area contributed by atoms with Crippen LogP contribution in [0.5, 0.6) is 0 Å². The number of sulfonamides is 1. The first kappa shape index (κ1) is 24.3. The van der Waals surface area contributed by atoms with Gasteiger partial charge in [0.25, 0.3) is 0 Å². The Kier molecular flexibility index (Phi) is 7.60. The lowest BCUT2D eigenvalue weighted by Gasteiger charge is -2.38. The molecule has 1 saturated heterocycles. The van der Waals surface area contributed by atoms with Crippen molar-refractivity contribution in [1.29, 1.82) is 0 Å². The summed E-state index contributed by atoms with van der Waals surface area (Å²) in [6.07, 6.45) is 3.93. The number of H-pyrrole nitrogens is 1. The average molecular weight is 504 g/mol. The number of halogens is 1. The zero-order valence-corrected chi connectivity index (χ0v) is 20.7. The van der Waals surface area contributed by atoms with Crippen molar-refractivity contribution < 1.29 is 8.42 Å². The van der Waals surface area contributed by atoms with Gasteiger partial charge in [-0.1, -0.05) is 41.9 Å². The first-order valence-corrected chi connectivity index (χ1v) is 13.5. The molecule has 0 aliphatic carbocycles. The van der Waals surface area contributed by atoms with Crippen molar-refractivity contribution in [2.24, 2.45) is 0 Å². The van der Waals surface area contributed by atoms with Crippen LogP contribution in [-0.4, -0.2) is 60.4 Å². The lowest BCUT2D eigenvalue weighted by Crippen LogP contribution is -2.45. The van der Waals surface area contributed by atoms with Crippen molar-refractivity contribution in [2.75, 3.05) is 41.2 Å². The van der Waals surface area contributed by atoms with E-state index >= 15 is 0 Å². The van der Waals surface area contributed by atoms with Gasteiger partial charge in [-0.05, 0) is 48.6 Å². The van der Waals surface area contributed by atoms with Gasteiger partial charge in [0.2, 0.25) is 21.9 Å². The normalized spacial score (nSPS) is 15.1. The smallest absolute Gasteiger partial charge is 0.246 e. The van der Waals surface area contributed by atoms with Gasteiger partial charge in [0.15, 0.2) is 0 Å². The van der Waals surface area contributed by atoms with Crippen LogP contribution in [0.2, 0.25) is 5.02 Å². The highest BCUT2D eigenvalue weighted by atomic mass is 35.5. The van der Waals surface area contributed by atoms with E-state index in [0.29, 0.717) is 30.2 Å². The highest BCUT2D eigenvalue weighted by Gasteiger charge is 2.27. The molecule has 0 spiro atoms. The molecule has 1 aliphatic rings. The van der Waals surface area contributed by atoms with Gasteiger partial charge >= 0.3 is 0 Å². The number of nitrogen functional groups attached to an aromatic ring is 1. The SMILES string of the molecule is CS(=O)(=O)Nc1ccccc1CN(CCc1ccc(Cl)cc1)C1CCN(c2n[nH]c(N)n2)CC1. The Morgan fingerprint density at radius 2 is 1.88 bits per heavy atom. The maximum Gasteiger partial charge on any atom is 0.246 e. The fraction of sp³-hybridized carbons (Fsp3) is 0.391. The van der Waals surface area contributed by atoms with Crippen LogP contribution in [0.4, 0.5) is 17.6 Å². The Bertz CT molecular complexity index is 1190. The first-order chi connectivity index (χ1) is 16.3. The van der Waals surface area contributed by atoms with Crippen molar-refractivity contribution in [3.05, 3.63) is 64.7 Å². The lowest BCUT2D eigenvalue weighted by atomic mass is 10.0. The zero-order valence-electron chi connectivity index (χ0n) is 19.1. The van der Waals surface area contributed by atoms with E-state index in [0.717, 1.165) is 49.5 Å². The minimum Gasteiger partial charge on any atom is -0.368 e. The summed E-state index contributed by atoms with van der Waals surface area (Å²) in [5.74, 6) is 0.947. The van der Waals surface area contributed by atoms with Crippen LogP contribution in [0.1, 0.15) is 24.0 Å². The van der Waals surface area contributed by atoms with Gasteiger partial charge in [-0.3, -0.25) is 9.62 Å². The van der Waals surface area contributed by atoms with Gasteiger partial charge in [0.1, 0.15) is 0 Å². The molecule has 3 aromatic rings. The molecule has 34 heavy (non-hydrogen) atoms. The number of nitrogens with one attached hydrogen (secondary N) is 2. The van der Waals surface area contributed by atoms with E-state index in [1.807, 2.05) is 36.4 Å². The number of nitrogens with two attached hydrogens (primary N) is 1. The molecule has 0 unspecified atom stereocenters. The fourth-order valence-electron chi connectivity index (χ4n) is 4.33. The largest absolute Gasteiger partial charge is 0.368 e. The van der Waals surface area contributed by atoms with Crippen molar-refractivity contribution >= 4 is 39.2 Å². The molecule has 1 fully saturated rings. The van der Waals surface area contributed by atoms with E-state index in [1.165, 1.54) is 11.8 Å². The molecule has 1 aliphatic heterocycles. The van der Waals surface area contributed by atoms with Gasteiger partial charge in [0, 0.05) is 37.2 Å². The van der Waals surface area contributed by atoms with Crippen LogP contribution >= 0.6 is 11.6 Å². The van der Waals surface area contributed by atoms with Crippen molar-refractivity contribution in [3.8, 4) is 0 Å². The molecule has 0 saturated carbocycles. The van der Waals surface area contributed by atoms with Gasteiger partial charge in [-0.25, -0.2) is 13.5 Å². The number of hydrogen-bond donors (Lipinski definition) is 3. The minimum atomic E-state index is -3.37. The topological polar surface area (TPSA) is 120 Å². The predicted octanol–water partition coefficient (Wildman–Crippen LogP) is 3.13. The van der Waals surface area contributed by atoms with E-state index in [2.05, 4.69) is 41.8 Å². The standard InChI is InChI=1S/C23H30ClN7O2S/c1-34(32,33)29-21-5-3-2-4-18(21)16-31(13-10-17-6-8-19(24)9-7-17)20-11-14-30(15-12-20)23-26-22(25)27-28-23/h2-9,20,29H,10-16H2,1H3,(H3,25,26,27,28). The zero-order chi connectivity index (χ0) is 24.1. The number of aromatic amines is 1. The lowest BCUT2D eigenvalue weighted by molar-refractivity contribution is 0.162. The number of rotatable bonds is 9. The predicted molar refractivity (Wildman–Crippen MR) is 137 cm³/mol. The molecule has 4 rings (SSSR count). The highest BCUT2D eigenvalue weighted by Crippen LogP contribution is 2.25. The van der Waals surface area contributed by atoms with Crippen molar-refractivity contribution in [3.63, 3.8) is 0 Å². The summed E-state index contributed by atoms with van der Waals surface area (Å²) in [7, 11) is -3.37. The summed E-state index contributed by atoms with van der Waals surface area (Å²) < 4.78 is 26.4. The van der Waals surface area contributed by atoms with Crippen LogP contribution in [-0.2, 0) is 23.0 Å². The number of para-hydroxylation sites is 1. The van der Waals surface area contributed by atoms with Crippen LogP contribution in [0.25, 0.3) is 0 Å². The maximum atomic E-state index is 11.9. The maximum absolute atomic E-state index is 11.9. The van der Waals surface area contributed by atoms with Crippen LogP contribution in [0, 0.1) is 0 Å². The second kappa shape index (κ2) is 10.6. The molecule has 1 aromatic heterocycles. The molecular formula is C23H30ClN7O2S. The molecule has 2 heterocycles. The summed E-state index contributed by atoms with van der Waals surface area (Å²) in [6.45, 7) is 3.13. The molecule has 0 radical (unpaired) electrons. The Morgan fingerprint density at radius 3 is 2.53 bits per heavy atom. The summed E-state index contributed by atoms with van der Waals surface area (Å²) in [4.78, 5) is 8.83. The number of benzene rings is 2. The van der Waals surface area contributed by atoms with E-state index in [1.54, 1.807) is 0 Å². The molecule has 0 bridgehead atoms. The van der Waals surface area contributed by atoms with Crippen LogP contribution in [0.3, 0.4) is 0 Å². The molecule has 4 N–H and O–H groups in total. The molecule has 11 heteroatoms. The number of hydrogen-bond acceptors (Lipinski definition) is 7. The quantitative estimate of drug-likeness (QED) is 0.410. The Balaban J connectivity index is 1.50. The summed E-state index contributed by atoms with van der Waals surface area (Å²) in [5, 5.41) is 7.60. The third kappa shape index (κ3) is 6.62. The summed E-state index contributed by atoms with van der Waals surface area (Å²) in [5.41, 5.74) is 8.47. The Morgan fingerprint density at radius 1 is 1.18 bits per heavy atom. The van der Waals surface area contributed by atoms with Gasteiger partial charge < -0.3 is 10.6 Å². The molecule has 0 atom stereocenters. The Hall–Kier alpha value is -2.82. The van der Waals surface area contributed by atoms with Gasteiger partial charge in [0.05, 0.1) is 11.9 Å². The third-order valence-corrected chi connectivity index (χ3v) is 6.88. The number of nitrogens with zero attached hydrogens (tertiary/aromatic N) is 4. The van der Waals surface area contributed by atoms with E-state index in [9.17, 15) is 8.42 Å². The summed E-state index contributed by atoms with van der Waals surface area (Å²) >= 11 is 6.05. The van der Waals surface area contributed by atoms with E-state index in [-0.39, 0.29) is 0 Å². The number of aromatic nitrogens is 3. The average Bonchev–Trinajstić information content (AvgIpc) is 3.24. The molecular weight excluding hydrogens is 474 g/mol.